The van der Waals surface area contributed by atoms with Crippen LogP contribution in [0.5, 0.6) is 0 Å². The van der Waals surface area contributed by atoms with Gasteiger partial charge in [-0.1, -0.05) is 31.2 Å². The topological polar surface area (TPSA) is 99.7 Å². The van der Waals surface area contributed by atoms with E-state index in [1.807, 2.05) is 0 Å². The molecule has 1 saturated carbocycles. The maximum absolute atomic E-state index is 13.9. The van der Waals surface area contributed by atoms with E-state index in [9.17, 15) is 23.5 Å². The van der Waals surface area contributed by atoms with Gasteiger partial charge in [0.25, 0.3) is 5.91 Å². The summed E-state index contributed by atoms with van der Waals surface area (Å²) in [6.45, 7) is 6.04. The minimum Gasteiger partial charge on any atom is -0.480 e. The molecule has 0 aromatic heterocycles. The first-order chi connectivity index (χ1) is 19.2. The molecule has 4 N–H and O–H groups in total. The number of benzene rings is 3. The largest absolute Gasteiger partial charge is 0.480 e. The maximum Gasteiger partial charge on any atom is 0.326 e. The summed E-state index contributed by atoms with van der Waals surface area (Å²) < 4.78 is 33.1. The SMILES string of the molecule is CC[C@H](NC(=O)c1ccc(-c2ccc(F)c(F)c2)cc1NCOCNc1c(C)cc(CC2CC2)cc1C)C(=O)O. The van der Waals surface area contributed by atoms with Crippen LogP contribution in [0.1, 0.15) is 53.2 Å². The van der Waals surface area contributed by atoms with Crippen LogP contribution in [0, 0.1) is 31.4 Å². The van der Waals surface area contributed by atoms with Crippen molar-refractivity contribution < 1.29 is 28.2 Å². The van der Waals surface area contributed by atoms with E-state index in [1.165, 1.54) is 30.5 Å². The molecule has 0 aliphatic heterocycles. The zero-order chi connectivity index (χ0) is 28.8. The number of rotatable bonds is 13. The minimum atomic E-state index is -1.13. The number of carbonyl (C=O) groups excluding carboxylic acids is 1. The van der Waals surface area contributed by atoms with Gasteiger partial charge in [0.15, 0.2) is 11.6 Å². The second kappa shape index (κ2) is 12.9. The van der Waals surface area contributed by atoms with Crippen molar-refractivity contribution in [2.75, 3.05) is 24.1 Å². The van der Waals surface area contributed by atoms with E-state index in [0.717, 1.165) is 41.3 Å². The van der Waals surface area contributed by atoms with Crippen molar-refractivity contribution in [3.05, 3.63) is 82.4 Å². The standard InChI is InChI=1S/C31H35F2N3O4/c1-4-27(31(38)39)36-30(37)24-9-7-23(22-8-10-25(32)26(33)14-22)15-28(24)34-16-40-17-35-29-18(2)11-21(12-19(29)3)13-20-5-6-20/h7-12,14-15,20,27,34-35H,4-6,13,16-17H2,1-3H3,(H,36,37)(H,38,39)/t27-/m0/s1. The molecule has 9 heteroatoms. The van der Waals surface area contributed by atoms with E-state index in [0.29, 0.717) is 16.8 Å². The fourth-order valence-corrected chi connectivity index (χ4v) is 4.73. The number of ether oxygens (including phenoxy) is 1. The van der Waals surface area contributed by atoms with E-state index in [4.69, 9.17) is 4.74 Å². The monoisotopic (exact) mass is 551 g/mol. The van der Waals surface area contributed by atoms with Crippen LogP contribution in [0.25, 0.3) is 11.1 Å². The average molecular weight is 552 g/mol. The number of halogens is 2. The summed E-state index contributed by atoms with van der Waals surface area (Å²) in [5.74, 6) is -2.84. The predicted octanol–water partition coefficient (Wildman–Crippen LogP) is 6.25. The Hall–Kier alpha value is -3.98. The molecule has 3 aromatic rings. The van der Waals surface area contributed by atoms with Gasteiger partial charge in [-0.3, -0.25) is 4.79 Å². The lowest BCUT2D eigenvalue weighted by atomic mass is 10.0. The highest BCUT2D eigenvalue weighted by Crippen LogP contribution is 2.34. The van der Waals surface area contributed by atoms with Crippen LogP contribution in [0.15, 0.2) is 48.5 Å². The van der Waals surface area contributed by atoms with Gasteiger partial charge >= 0.3 is 5.97 Å². The third-order valence-corrected chi connectivity index (χ3v) is 7.06. The number of carbonyl (C=O) groups is 2. The Labute approximate surface area is 232 Å². The lowest BCUT2D eigenvalue weighted by molar-refractivity contribution is -0.139. The van der Waals surface area contributed by atoms with Gasteiger partial charge in [-0.25, -0.2) is 13.6 Å². The van der Waals surface area contributed by atoms with Crippen molar-refractivity contribution in [2.24, 2.45) is 5.92 Å². The third kappa shape index (κ3) is 7.35. The second-order valence-corrected chi connectivity index (χ2v) is 10.3. The molecule has 0 saturated heterocycles. The Kier molecular flexibility index (Phi) is 9.37. The molecule has 0 spiro atoms. The Bertz CT molecular complexity index is 1370. The maximum atomic E-state index is 13.9. The Morgan fingerprint density at radius 1 is 0.950 bits per heavy atom. The quantitative estimate of drug-likeness (QED) is 0.148. The molecule has 0 bridgehead atoms. The zero-order valence-electron chi connectivity index (χ0n) is 22.9. The van der Waals surface area contributed by atoms with Gasteiger partial charge in [-0.05, 0) is 97.5 Å². The van der Waals surface area contributed by atoms with Crippen molar-refractivity contribution in [2.45, 2.75) is 52.5 Å². The first-order valence-corrected chi connectivity index (χ1v) is 13.4. The smallest absolute Gasteiger partial charge is 0.326 e. The lowest BCUT2D eigenvalue weighted by Crippen LogP contribution is -2.40. The number of carboxylic acids is 1. The molecule has 7 nitrogen and oxygen atoms in total. The van der Waals surface area contributed by atoms with Gasteiger partial charge in [0.2, 0.25) is 0 Å². The summed E-state index contributed by atoms with van der Waals surface area (Å²) in [5, 5.41) is 18.2. The highest BCUT2D eigenvalue weighted by atomic mass is 19.2. The molecule has 1 fully saturated rings. The summed E-state index contributed by atoms with van der Waals surface area (Å²) >= 11 is 0. The molecule has 212 valence electrons. The number of nitrogens with one attached hydrogen (secondary N) is 3. The summed E-state index contributed by atoms with van der Waals surface area (Å²) in [6.07, 6.45) is 3.95. The van der Waals surface area contributed by atoms with E-state index >= 15 is 0 Å². The lowest BCUT2D eigenvalue weighted by Gasteiger charge is -2.18. The zero-order valence-corrected chi connectivity index (χ0v) is 22.9. The van der Waals surface area contributed by atoms with Crippen molar-refractivity contribution in [1.29, 1.82) is 0 Å². The number of hydrogen-bond donors (Lipinski definition) is 4. The molecule has 0 radical (unpaired) electrons. The third-order valence-electron chi connectivity index (χ3n) is 7.06. The fourth-order valence-electron chi connectivity index (χ4n) is 4.73. The second-order valence-electron chi connectivity index (χ2n) is 10.3. The molecular weight excluding hydrogens is 516 g/mol. The van der Waals surface area contributed by atoms with Crippen LogP contribution < -0.4 is 16.0 Å². The van der Waals surface area contributed by atoms with Gasteiger partial charge < -0.3 is 25.8 Å². The molecular formula is C31H35F2N3O4. The number of amides is 1. The summed E-state index contributed by atoms with van der Waals surface area (Å²) in [6, 6.07) is 11.6. The van der Waals surface area contributed by atoms with Crippen LogP contribution in [0.3, 0.4) is 0 Å². The van der Waals surface area contributed by atoms with Crippen molar-refractivity contribution in [3.8, 4) is 11.1 Å². The summed E-state index contributed by atoms with van der Waals surface area (Å²) in [4.78, 5) is 24.4. The molecule has 0 heterocycles. The normalized spacial score (nSPS) is 13.5. The number of carboxylic acid groups (broad SMARTS) is 1. The predicted molar refractivity (Wildman–Crippen MR) is 151 cm³/mol. The highest BCUT2D eigenvalue weighted by molar-refractivity contribution is 6.02. The highest BCUT2D eigenvalue weighted by Gasteiger charge is 2.22. The van der Waals surface area contributed by atoms with Crippen molar-refractivity contribution >= 4 is 23.3 Å². The van der Waals surface area contributed by atoms with E-state index in [-0.39, 0.29) is 25.4 Å². The van der Waals surface area contributed by atoms with Crippen LogP contribution in [0.4, 0.5) is 20.2 Å². The van der Waals surface area contributed by atoms with Gasteiger partial charge in [-0.2, -0.15) is 0 Å². The summed E-state index contributed by atoms with van der Waals surface area (Å²) in [5.41, 5.74) is 6.18. The Morgan fingerprint density at radius 2 is 1.60 bits per heavy atom. The van der Waals surface area contributed by atoms with Crippen LogP contribution >= 0.6 is 0 Å². The average Bonchev–Trinajstić information content (AvgIpc) is 3.73. The van der Waals surface area contributed by atoms with Crippen molar-refractivity contribution in [3.63, 3.8) is 0 Å². The molecule has 4 rings (SSSR count). The van der Waals surface area contributed by atoms with Crippen LogP contribution in [-0.2, 0) is 16.0 Å². The van der Waals surface area contributed by atoms with Gasteiger partial charge in [0, 0.05) is 11.4 Å². The van der Waals surface area contributed by atoms with Gasteiger partial charge in [-0.15, -0.1) is 0 Å². The van der Waals surface area contributed by atoms with Gasteiger partial charge in [0.1, 0.15) is 19.5 Å². The molecule has 40 heavy (non-hydrogen) atoms. The van der Waals surface area contributed by atoms with Gasteiger partial charge in [0.05, 0.1) is 5.56 Å². The molecule has 0 unspecified atom stereocenters. The Morgan fingerprint density at radius 3 is 2.23 bits per heavy atom. The molecule has 1 amide bonds. The number of anilines is 2. The minimum absolute atomic E-state index is 0.0303. The number of aliphatic carboxylic acids is 1. The first-order valence-electron chi connectivity index (χ1n) is 13.4. The molecule has 1 atom stereocenters. The van der Waals surface area contributed by atoms with E-state index in [2.05, 4.69) is 41.9 Å². The molecule has 3 aromatic carbocycles. The molecule has 1 aliphatic carbocycles. The summed E-state index contributed by atoms with van der Waals surface area (Å²) in [7, 11) is 0. The van der Waals surface area contributed by atoms with E-state index < -0.39 is 29.6 Å². The van der Waals surface area contributed by atoms with Crippen molar-refractivity contribution in [1.82, 2.24) is 5.32 Å². The first kappa shape index (κ1) is 29.0. The number of hydrogen-bond acceptors (Lipinski definition) is 5. The van der Waals surface area contributed by atoms with Crippen LogP contribution in [0.2, 0.25) is 0 Å². The van der Waals surface area contributed by atoms with E-state index in [1.54, 1.807) is 19.1 Å². The fraction of sp³-hybridized carbons (Fsp3) is 0.355. The number of aryl methyl sites for hydroxylation is 2. The molecule has 1 aliphatic rings. The Balaban J connectivity index is 1.45. The van der Waals surface area contributed by atoms with Crippen LogP contribution in [-0.4, -0.2) is 36.5 Å².